The Hall–Kier alpha value is -2.45. The average Bonchev–Trinajstić information content (AvgIpc) is 3.07. The Labute approximate surface area is 155 Å². The molecule has 9 heteroatoms. The Morgan fingerprint density at radius 3 is 2.60 bits per heavy atom. The number of aromatic nitrogens is 2. The van der Waals surface area contributed by atoms with Crippen molar-refractivity contribution in [1.29, 1.82) is 0 Å². The summed E-state index contributed by atoms with van der Waals surface area (Å²) in [6.07, 6.45) is -0.489. The summed E-state index contributed by atoms with van der Waals surface area (Å²) in [5.41, 5.74) is 0.581. The first kappa shape index (κ1) is 17.4. The van der Waals surface area contributed by atoms with Crippen LogP contribution in [-0.2, 0) is 0 Å². The average molecular weight is 425 g/mol. The molecule has 3 rings (SSSR count). The van der Waals surface area contributed by atoms with Crippen molar-refractivity contribution >= 4 is 33.2 Å². The zero-order valence-corrected chi connectivity index (χ0v) is 15.2. The standard InChI is InChI=1S/C16H11BrClN3O4/c1-9(24-14-7-4-11(18)8-13(14)17)15-19-20-16(25-15)10-2-5-12(6-3-10)21(22)23/h2-9H,1H3/t9-/m0/s1. The van der Waals surface area contributed by atoms with Gasteiger partial charge in [0.05, 0.1) is 9.40 Å². The van der Waals surface area contributed by atoms with Gasteiger partial charge in [-0.2, -0.15) is 0 Å². The fraction of sp³-hybridized carbons (Fsp3) is 0.125. The summed E-state index contributed by atoms with van der Waals surface area (Å²) < 4.78 is 12.1. The van der Waals surface area contributed by atoms with Crippen LogP contribution in [0.1, 0.15) is 18.9 Å². The van der Waals surface area contributed by atoms with Gasteiger partial charge >= 0.3 is 0 Å². The van der Waals surface area contributed by atoms with Crippen LogP contribution in [0.5, 0.6) is 5.75 Å². The van der Waals surface area contributed by atoms with Crippen molar-refractivity contribution in [3.05, 3.63) is 68.0 Å². The van der Waals surface area contributed by atoms with Gasteiger partial charge in [-0.3, -0.25) is 10.1 Å². The molecule has 1 atom stereocenters. The fourth-order valence-electron chi connectivity index (χ4n) is 2.05. The Balaban J connectivity index is 1.77. The molecule has 0 aliphatic heterocycles. The zero-order valence-electron chi connectivity index (χ0n) is 12.8. The summed E-state index contributed by atoms with van der Waals surface area (Å²) in [6, 6.07) is 11.0. The highest BCUT2D eigenvalue weighted by Gasteiger charge is 2.18. The van der Waals surface area contributed by atoms with Crippen LogP contribution in [0.3, 0.4) is 0 Å². The van der Waals surface area contributed by atoms with E-state index < -0.39 is 11.0 Å². The molecule has 3 aromatic rings. The van der Waals surface area contributed by atoms with Crippen molar-refractivity contribution in [3.8, 4) is 17.2 Å². The smallest absolute Gasteiger partial charge is 0.269 e. The second kappa shape index (κ2) is 7.20. The third kappa shape index (κ3) is 3.97. The van der Waals surface area contributed by atoms with E-state index in [1.54, 1.807) is 37.3 Å². The molecule has 128 valence electrons. The molecule has 0 saturated heterocycles. The lowest BCUT2D eigenvalue weighted by atomic mass is 10.2. The summed E-state index contributed by atoms with van der Waals surface area (Å²) in [5.74, 6) is 1.14. The lowest BCUT2D eigenvalue weighted by molar-refractivity contribution is -0.384. The maximum Gasteiger partial charge on any atom is 0.269 e. The van der Waals surface area contributed by atoms with Crippen LogP contribution in [0.25, 0.3) is 11.5 Å². The number of ether oxygens (including phenoxy) is 1. The monoisotopic (exact) mass is 423 g/mol. The molecule has 0 unspecified atom stereocenters. The van der Waals surface area contributed by atoms with E-state index in [2.05, 4.69) is 26.1 Å². The van der Waals surface area contributed by atoms with Gasteiger partial charge in [-0.15, -0.1) is 10.2 Å². The molecule has 1 aromatic heterocycles. The van der Waals surface area contributed by atoms with Gasteiger partial charge in [-0.05, 0) is 53.2 Å². The number of hydrogen-bond donors (Lipinski definition) is 0. The number of hydrogen-bond acceptors (Lipinski definition) is 6. The van der Waals surface area contributed by atoms with Gasteiger partial charge in [-0.1, -0.05) is 11.6 Å². The van der Waals surface area contributed by atoms with E-state index in [1.165, 1.54) is 12.1 Å². The summed E-state index contributed by atoms with van der Waals surface area (Å²) >= 11 is 9.28. The summed E-state index contributed by atoms with van der Waals surface area (Å²) in [7, 11) is 0. The van der Waals surface area contributed by atoms with Gasteiger partial charge in [0.1, 0.15) is 5.75 Å². The molecule has 0 saturated carbocycles. The summed E-state index contributed by atoms with van der Waals surface area (Å²) in [4.78, 5) is 10.2. The Morgan fingerprint density at radius 2 is 1.96 bits per heavy atom. The second-order valence-corrected chi connectivity index (χ2v) is 6.38. The molecule has 0 aliphatic rings. The molecular weight excluding hydrogens is 414 g/mol. The topological polar surface area (TPSA) is 91.3 Å². The molecular formula is C16H11BrClN3O4. The first-order valence-electron chi connectivity index (χ1n) is 7.14. The van der Waals surface area contributed by atoms with Gasteiger partial charge in [0.2, 0.25) is 5.89 Å². The predicted octanol–water partition coefficient (Wildman–Crippen LogP) is 5.20. The molecule has 0 spiro atoms. The van der Waals surface area contributed by atoms with E-state index in [-0.39, 0.29) is 17.5 Å². The first-order chi connectivity index (χ1) is 11.9. The van der Waals surface area contributed by atoms with Crippen molar-refractivity contribution in [2.75, 3.05) is 0 Å². The highest BCUT2D eigenvalue weighted by Crippen LogP contribution is 2.32. The van der Waals surface area contributed by atoms with E-state index in [0.717, 1.165) is 0 Å². The van der Waals surface area contributed by atoms with Crippen LogP contribution in [0, 0.1) is 10.1 Å². The van der Waals surface area contributed by atoms with E-state index in [9.17, 15) is 10.1 Å². The van der Waals surface area contributed by atoms with Crippen LogP contribution in [0.4, 0.5) is 5.69 Å². The van der Waals surface area contributed by atoms with Gasteiger partial charge in [0, 0.05) is 22.7 Å². The van der Waals surface area contributed by atoms with Crippen molar-refractivity contribution in [2.24, 2.45) is 0 Å². The summed E-state index contributed by atoms with van der Waals surface area (Å²) in [5, 5.41) is 19.2. The maximum atomic E-state index is 10.7. The minimum absolute atomic E-state index is 0.00669. The van der Waals surface area contributed by atoms with Crippen LogP contribution < -0.4 is 4.74 Å². The number of rotatable bonds is 5. The van der Waals surface area contributed by atoms with Crippen LogP contribution in [-0.4, -0.2) is 15.1 Å². The number of nitro benzene ring substituents is 1. The Morgan fingerprint density at radius 1 is 1.24 bits per heavy atom. The maximum absolute atomic E-state index is 10.7. The van der Waals surface area contributed by atoms with Crippen LogP contribution in [0.2, 0.25) is 5.02 Å². The van der Waals surface area contributed by atoms with Crippen molar-refractivity contribution in [3.63, 3.8) is 0 Å². The number of nitro groups is 1. The zero-order chi connectivity index (χ0) is 18.0. The van der Waals surface area contributed by atoms with Gasteiger partial charge in [-0.25, -0.2) is 0 Å². The first-order valence-corrected chi connectivity index (χ1v) is 8.31. The highest BCUT2D eigenvalue weighted by atomic mass is 79.9. The minimum atomic E-state index is -0.489. The minimum Gasteiger partial charge on any atom is -0.480 e. The van der Waals surface area contributed by atoms with Crippen molar-refractivity contribution in [2.45, 2.75) is 13.0 Å². The lowest BCUT2D eigenvalue weighted by Crippen LogP contribution is -2.03. The quantitative estimate of drug-likeness (QED) is 0.413. The molecule has 0 bridgehead atoms. The molecule has 25 heavy (non-hydrogen) atoms. The molecule has 0 N–H and O–H groups in total. The van der Waals surface area contributed by atoms with Gasteiger partial charge in [0.25, 0.3) is 11.6 Å². The van der Waals surface area contributed by atoms with E-state index in [0.29, 0.717) is 20.8 Å². The number of nitrogens with zero attached hydrogens (tertiary/aromatic N) is 3. The normalized spacial score (nSPS) is 12.0. The second-order valence-electron chi connectivity index (χ2n) is 5.08. The van der Waals surface area contributed by atoms with Crippen LogP contribution in [0.15, 0.2) is 51.4 Å². The molecule has 1 heterocycles. The van der Waals surface area contributed by atoms with Crippen LogP contribution >= 0.6 is 27.5 Å². The highest BCUT2D eigenvalue weighted by molar-refractivity contribution is 9.10. The number of benzene rings is 2. The number of non-ortho nitro benzene ring substituents is 1. The van der Waals surface area contributed by atoms with Gasteiger partial charge < -0.3 is 9.15 Å². The third-order valence-electron chi connectivity index (χ3n) is 3.31. The van der Waals surface area contributed by atoms with Gasteiger partial charge in [0.15, 0.2) is 6.10 Å². The van der Waals surface area contributed by atoms with Crippen molar-refractivity contribution in [1.82, 2.24) is 10.2 Å². The fourth-order valence-corrected chi connectivity index (χ4v) is 2.83. The SMILES string of the molecule is C[C@H](Oc1ccc(Cl)cc1Br)c1nnc(-c2ccc([N+](=O)[O-])cc2)o1. The third-order valence-corrected chi connectivity index (χ3v) is 4.17. The van der Waals surface area contributed by atoms with E-state index in [1.807, 2.05) is 0 Å². The van der Waals surface area contributed by atoms with E-state index >= 15 is 0 Å². The van der Waals surface area contributed by atoms with Crippen molar-refractivity contribution < 1.29 is 14.1 Å². The molecule has 0 amide bonds. The largest absolute Gasteiger partial charge is 0.480 e. The molecule has 2 aromatic carbocycles. The molecule has 0 aliphatic carbocycles. The van der Waals surface area contributed by atoms with E-state index in [4.69, 9.17) is 20.8 Å². The molecule has 0 radical (unpaired) electrons. The lowest BCUT2D eigenvalue weighted by Gasteiger charge is -2.12. The number of halogens is 2. The Bertz CT molecular complexity index is 914. The Kier molecular flexibility index (Phi) is 5.00. The predicted molar refractivity (Wildman–Crippen MR) is 94.6 cm³/mol. The molecule has 0 fully saturated rings. The molecule has 7 nitrogen and oxygen atoms in total. The summed E-state index contributed by atoms with van der Waals surface area (Å²) in [6.45, 7) is 1.77.